The summed E-state index contributed by atoms with van der Waals surface area (Å²) in [7, 11) is 0. The van der Waals surface area contributed by atoms with Crippen LogP contribution in [-0.2, 0) is 4.79 Å². The molecule has 1 atom stereocenters. The first kappa shape index (κ1) is 13.8. The minimum atomic E-state index is -1.25. The lowest BCUT2D eigenvalue weighted by Crippen LogP contribution is -2.27. The molecule has 0 amide bonds. The molecule has 6 nitrogen and oxygen atoms in total. The molecule has 0 radical (unpaired) electrons. The lowest BCUT2D eigenvalue weighted by atomic mass is 10.1. The summed E-state index contributed by atoms with van der Waals surface area (Å²) in [6, 6.07) is 4.33. The van der Waals surface area contributed by atoms with E-state index in [4.69, 9.17) is 20.7 Å². The quantitative estimate of drug-likeness (QED) is 0.664. The van der Waals surface area contributed by atoms with Crippen molar-refractivity contribution in [3.05, 3.63) is 23.8 Å². The summed E-state index contributed by atoms with van der Waals surface area (Å²) in [5.41, 5.74) is 5.37. The van der Waals surface area contributed by atoms with Crippen LogP contribution >= 0.6 is 0 Å². The van der Waals surface area contributed by atoms with Gasteiger partial charge < -0.3 is 20.7 Å². The van der Waals surface area contributed by atoms with E-state index in [2.05, 4.69) is 0 Å². The Morgan fingerprint density at radius 1 is 1.39 bits per heavy atom. The van der Waals surface area contributed by atoms with Gasteiger partial charge in [0.25, 0.3) is 0 Å². The Labute approximate surface area is 104 Å². The number of anilines is 1. The van der Waals surface area contributed by atoms with Crippen LogP contribution in [0.5, 0.6) is 5.75 Å². The molecular weight excluding hydrogens is 238 g/mol. The Hall–Kier alpha value is -2.24. The van der Waals surface area contributed by atoms with Crippen molar-refractivity contribution < 1.29 is 24.5 Å². The Balaban J connectivity index is 3.06. The maximum Gasteiger partial charge on any atom is 0.344 e. The van der Waals surface area contributed by atoms with Crippen LogP contribution in [-0.4, -0.2) is 28.3 Å². The molecule has 0 heterocycles. The number of aliphatic carboxylic acids is 1. The highest BCUT2D eigenvalue weighted by atomic mass is 16.5. The predicted molar refractivity (Wildman–Crippen MR) is 64.8 cm³/mol. The van der Waals surface area contributed by atoms with Crippen LogP contribution in [0.3, 0.4) is 0 Å². The third kappa shape index (κ3) is 3.13. The van der Waals surface area contributed by atoms with E-state index >= 15 is 0 Å². The zero-order valence-electron chi connectivity index (χ0n) is 9.92. The summed E-state index contributed by atoms with van der Waals surface area (Å²) in [5.74, 6) is -2.40. The van der Waals surface area contributed by atoms with Gasteiger partial charge in [-0.15, -0.1) is 0 Å². The Bertz CT molecular complexity index is 458. The fourth-order valence-electron chi connectivity index (χ4n) is 1.52. The molecule has 0 aliphatic rings. The summed E-state index contributed by atoms with van der Waals surface area (Å²) >= 11 is 0. The first-order chi connectivity index (χ1) is 8.47. The molecule has 0 aromatic heterocycles. The number of nitrogen functional groups attached to an aromatic ring is 1. The first-order valence-corrected chi connectivity index (χ1v) is 5.48. The topological polar surface area (TPSA) is 110 Å². The standard InChI is InChI=1S/C12H15NO5/c1-2-4-9(11(14)15)18-8-6-3-5-7(13)10(8)12(16)17/h3,5-6,9H,2,4,13H2,1H3,(H,14,15)(H,16,17). The second-order valence-corrected chi connectivity index (χ2v) is 3.76. The van der Waals surface area contributed by atoms with Crippen molar-refractivity contribution in [3.8, 4) is 5.75 Å². The molecule has 0 fully saturated rings. The molecule has 0 aliphatic carbocycles. The second kappa shape index (κ2) is 5.90. The van der Waals surface area contributed by atoms with Gasteiger partial charge in [-0.2, -0.15) is 0 Å². The number of hydrogen-bond donors (Lipinski definition) is 3. The van der Waals surface area contributed by atoms with Crippen molar-refractivity contribution in [1.29, 1.82) is 0 Å². The van der Waals surface area contributed by atoms with Crippen LogP contribution in [0.4, 0.5) is 5.69 Å². The summed E-state index contributed by atoms with van der Waals surface area (Å²) in [5, 5.41) is 18.0. The number of hydrogen-bond acceptors (Lipinski definition) is 4. The molecule has 0 saturated heterocycles. The molecule has 0 spiro atoms. The maximum atomic E-state index is 11.0. The fraction of sp³-hybridized carbons (Fsp3) is 0.333. The number of carbonyl (C=O) groups is 2. The van der Waals surface area contributed by atoms with Gasteiger partial charge in [0.1, 0.15) is 11.3 Å². The molecule has 1 rings (SSSR count). The van der Waals surface area contributed by atoms with Crippen LogP contribution in [0.15, 0.2) is 18.2 Å². The summed E-state index contributed by atoms with van der Waals surface area (Å²) in [4.78, 5) is 22.0. The largest absolute Gasteiger partial charge is 0.479 e. The van der Waals surface area contributed by atoms with Crippen molar-refractivity contribution in [2.75, 3.05) is 5.73 Å². The lowest BCUT2D eigenvalue weighted by Gasteiger charge is -2.16. The summed E-state index contributed by atoms with van der Waals surface area (Å²) in [6.07, 6.45) is -0.167. The van der Waals surface area contributed by atoms with E-state index in [0.29, 0.717) is 12.8 Å². The Kier molecular flexibility index (Phi) is 4.53. The Morgan fingerprint density at radius 3 is 2.56 bits per heavy atom. The maximum absolute atomic E-state index is 11.0. The minimum absolute atomic E-state index is 0.0247. The van der Waals surface area contributed by atoms with Crippen molar-refractivity contribution >= 4 is 17.6 Å². The second-order valence-electron chi connectivity index (χ2n) is 3.76. The Morgan fingerprint density at radius 2 is 2.06 bits per heavy atom. The summed E-state index contributed by atoms with van der Waals surface area (Å²) in [6.45, 7) is 1.82. The van der Waals surface area contributed by atoms with E-state index in [1.807, 2.05) is 6.92 Å². The molecule has 18 heavy (non-hydrogen) atoms. The SMILES string of the molecule is CCCC(Oc1cccc(N)c1C(=O)O)C(=O)O. The molecule has 0 bridgehead atoms. The monoisotopic (exact) mass is 253 g/mol. The van der Waals surface area contributed by atoms with Crippen LogP contribution in [0, 0.1) is 0 Å². The van der Waals surface area contributed by atoms with E-state index in [-0.39, 0.29) is 17.0 Å². The van der Waals surface area contributed by atoms with Gasteiger partial charge in [-0.05, 0) is 18.6 Å². The molecule has 98 valence electrons. The van der Waals surface area contributed by atoms with E-state index in [1.54, 1.807) is 0 Å². The third-order valence-electron chi connectivity index (χ3n) is 2.37. The molecule has 0 saturated carbocycles. The highest BCUT2D eigenvalue weighted by Gasteiger charge is 2.22. The average molecular weight is 253 g/mol. The lowest BCUT2D eigenvalue weighted by molar-refractivity contribution is -0.145. The number of carboxylic acids is 2. The van der Waals surface area contributed by atoms with Gasteiger partial charge in [-0.25, -0.2) is 9.59 Å². The number of carboxylic acid groups (broad SMARTS) is 2. The highest BCUT2D eigenvalue weighted by Crippen LogP contribution is 2.26. The minimum Gasteiger partial charge on any atom is -0.479 e. The van der Waals surface area contributed by atoms with Gasteiger partial charge in [0.2, 0.25) is 0 Å². The molecule has 1 unspecified atom stereocenters. The van der Waals surface area contributed by atoms with Crippen molar-refractivity contribution in [1.82, 2.24) is 0 Å². The number of aromatic carboxylic acids is 1. The number of nitrogens with two attached hydrogens (primary N) is 1. The van der Waals surface area contributed by atoms with Gasteiger partial charge >= 0.3 is 11.9 Å². The normalized spacial score (nSPS) is 11.8. The number of ether oxygens (including phenoxy) is 1. The van der Waals surface area contributed by atoms with Crippen LogP contribution < -0.4 is 10.5 Å². The number of benzene rings is 1. The molecule has 1 aromatic carbocycles. The average Bonchev–Trinajstić information content (AvgIpc) is 2.27. The molecule has 4 N–H and O–H groups in total. The third-order valence-corrected chi connectivity index (χ3v) is 2.37. The van der Waals surface area contributed by atoms with Gasteiger partial charge in [-0.3, -0.25) is 0 Å². The van der Waals surface area contributed by atoms with Gasteiger partial charge in [-0.1, -0.05) is 19.4 Å². The van der Waals surface area contributed by atoms with Crippen molar-refractivity contribution in [2.24, 2.45) is 0 Å². The van der Waals surface area contributed by atoms with Gasteiger partial charge in [0.15, 0.2) is 6.10 Å². The van der Waals surface area contributed by atoms with E-state index in [1.165, 1.54) is 18.2 Å². The first-order valence-electron chi connectivity index (χ1n) is 5.48. The molecular formula is C12H15NO5. The van der Waals surface area contributed by atoms with Gasteiger partial charge in [0.05, 0.1) is 0 Å². The molecule has 6 heteroatoms. The smallest absolute Gasteiger partial charge is 0.344 e. The van der Waals surface area contributed by atoms with E-state index < -0.39 is 18.0 Å². The fourth-order valence-corrected chi connectivity index (χ4v) is 1.52. The highest BCUT2D eigenvalue weighted by molar-refractivity contribution is 5.96. The van der Waals surface area contributed by atoms with E-state index in [0.717, 1.165) is 0 Å². The predicted octanol–water partition coefficient (Wildman–Crippen LogP) is 1.60. The number of rotatable bonds is 6. The molecule has 1 aromatic rings. The zero-order valence-corrected chi connectivity index (χ0v) is 9.92. The van der Waals surface area contributed by atoms with Crippen molar-refractivity contribution in [2.45, 2.75) is 25.9 Å². The van der Waals surface area contributed by atoms with E-state index in [9.17, 15) is 9.59 Å². The van der Waals surface area contributed by atoms with Crippen LogP contribution in [0.25, 0.3) is 0 Å². The van der Waals surface area contributed by atoms with Crippen molar-refractivity contribution in [3.63, 3.8) is 0 Å². The zero-order chi connectivity index (χ0) is 13.7. The van der Waals surface area contributed by atoms with Gasteiger partial charge in [0, 0.05) is 5.69 Å². The summed E-state index contributed by atoms with van der Waals surface area (Å²) < 4.78 is 5.23. The molecule has 0 aliphatic heterocycles. The van der Waals surface area contributed by atoms with Crippen LogP contribution in [0.1, 0.15) is 30.1 Å². The van der Waals surface area contributed by atoms with Crippen LogP contribution in [0.2, 0.25) is 0 Å².